The van der Waals surface area contributed by atoms with Crippen LogP contribution in [0.25, 0.3) is 0 Å². The third-order valence-corrected chi connectivity index (χ3v) is 3.43. The largest absolute Gasteiger partial charge is 0.383 e. The summed E-state index contributed by atoms with van der Waals surface area (Å²) < 4.78 is 31.6. The Labute approximate surface area is 119 Å². The fraction of sp³-hybridized carbons (Fsp3) is 0.600. The van der Waals surface area contributed by atoms with Gasteiger partial charge in [0.15, 0.2) is 0 Å². The van der Waals surface area contributed by atoms with Gasteiger partial charge in [-0.25, -0.2) is 8.78 Å². The zero-order valence-corrected chi connectivity index (χ0v) is 12.5. The number of hydrogen-bond acceptors (Lipinski definition) is 3. The maximum absolute atomic E-state index is 13.3. The van der Waals surface area contributed by atoms with Crippen molar-refractivity contribution in [3.05, 3.63) is 35.4 Å². The number of hydrogen-bond donors (Lipinski definition) is 1. The summed E-state index contributed by atoms with van der Waals surface area (Å²) in [5, 5.41) is 3.12. The summed E-state index contributed by atoms with van der Waals surface area (Å²) in [6.07, 6.45) is 0.789. The monoisotopic (exact) mass is 286 g/mol. The predicted molar refractivity (Wildman–Crippen MR) is 76.8 cm³/mol. The van der Waals surface area contributed by atoms with Crippen molar-refractivity contribution < 1.29 is 13.5 Å². The van der Waals surface area contributed by atoms with Crippen LogP contribution in [0.2, 0.25) is 0 Å². The molecule has 0 radical (unpaired) electrons. The Morgan fingerprint density at radius 1 is 1.20 bits per heavy atom. The number of methoxy groups -OCH3 is 1. The van der Waals surface area contributed by atoms with Crippen molar-refractivity contribution in [2.75, 3.05) is 40.4 Å². The molecule has 0 spiro atoms. The molecule has 1 rings (SSSR count). The minimum atomic E-state index is -0.535. The lowest BCUT2D eigenvalue weighted by atomic mass is 10.0. The van der Waals surface area contributed by atoms with Crippen LogP contribution in [-0.4, -0.2) is 45.3 Å². The van der Waals surface area contributed by atoms with E-state index in [-0.39, 0.29) is 6.04 Å². The van der Waals surface area contributed by atoms with E-state index in [0.29, 0.717) is 12.2 Å². The van der Waals surface area contributed by atoms with Gasteiger partial charge in [-0.2, -0.15) is 0 Å². The molecule has 0 aliphatic carbocycles. The number of halogens is 2. The van der Waals surface area contributed by atoms with Crippen molar-refractivity contribution in [1.82, 2.24) is 10.2 Å². The van der Waals surface area contributed by atoms with E-state index < -0.39 is 11.6 Å². The Balaban J connectivity index is 2.62. The van der Waals surface area contributed by atoms with Crippen molar-refractivity contribution in [2.45, 2.75) is 19.4 Å². The molecule has 0 amide bonds. The standard InChI is InChI=1S/C15H24F2N2O/c1-4-19(7-8-20-3)6-5-15(18-2)12-9-13(16)11-14(17)10-12/h9-11,15,18H,4-8H2,1-3H3. The van der Waals surface area contributed by atoms with Crippen LogP contribution in [0.15, 0.2) is 18.2 Å². The van der Waals surface area contributed by atoms with E-state index in [1.165, 1.54) is 12.1 Å². The van der Waals surface area contributed by atoms with Gasteiger partial charge < -0.3 is 15.0 Å². The number of nitrogens with one attached hydrogen (secondary N) is 1. The zero-order valence-electron chi connectivity index (χ0n) is 12.5. The fourth-order valence-corrected chi connectivity index (χ4v) is 2.21. The predicted octanol–water partition coefficient (Wildman–Crippen LogP) is 2.58. The first kappa shape index (κ1) is 17.0. The summed E-state index contributed by atoms with van der Waals surface area (Å²) in [7, 11) is 3.48. The van der Waals surface area contributed by atoms with E-state index in [1.54, 1.807) is 14.2 Å². The molecule has 1 unspecified atom stereocenters. The van der Waals surface area contributed by atoms with E-state index in [2.05, 4.69) is 17.1 Å². The summed E-state index contributed by atoms with van der Waals surface area (Å²) in [6, 6.07) is 3.61. The lowest BCUT2D eigenvalue weighted by molar-refractivity contribution is 0.148. The van der Waals surface area contributed by atoms with Gasteiger partial charge in [-0.3, -0.25) is 0 Å². The van der Waals surface area contributed by atoms with Gasteiger partial charge in [-0.05, 0) is 37.7 Å². The molecule has 0 fully saturated rings. The van der Waals surface area contributed by atoms with Gasteiger partial charge in [0.05, 0.1) is 6.61 Å². The Morgan fingerprint density at radius 2 is 1.85 bits per heavy atom. The summed E-state index contributed by atoms with van der Waals surface area (Å²) in [5.41, 5.74) is 0.646. The molecule has 0 saturated carbocycles. The molecule has 1 aromatic rings. The lowest BCUT2D eigenvalue weighted by Crippen LogP contribution is -2.31. The molecular formula is C15H24F2N2O. The molecule has 1 N–H and O–H groups in total. The minimum Gasteiger partial charge on any atom is -0.383 e. The SMILES string of the molecule is CCN(CCOC)CCC(NC)c1cc(F)cc(F)c1. The molecule has 0 bridgehead atoms. The number of nitrogens with zero attached hydrogens (tertiary/aromatic N) is 1. The number of ether oxygens (including phenoxy) is 1. The number of benzene rings is 1. The zero-order chi connectivity index (χ0) is 15.0. The molecule has 0 saturated heterocycles. The highest BCUT2D eigenvalue weighted by Crippen LogP contribution is 2.19. The molecule has 20 heavy (non-hydrogen) atoms. The van der Waals surface area contributed by atoms with Crippen molar-refractivity contribution in [3.8, 4) is 0 Å². The smallest absolute Gasteiger partial charge is 0.126 e. The molecule has 0 aliphatic rings. The van der Waals surface area contributed by atoms with Crippen molar-refractivity contribution in [2.24, 2.45) is 0 Å². The molecule has 5 heteroatoms. The number of rotatable bonds is 9. The first-order valence-corrected chi connectivity index (χ1v) is 6.95. The quantitative estimate of drug-likeness (QED) is 0.755. The van der Waals surface area contributed by atoms with Crippen molar-refractivity contribution >= 4 is 0 Å². The molecule has 0 aromatic heterocycles. The van der Waals surface area contributed by atoms with Crippen LogP contribution < -0.4 is 5.32 Å². The topological polar surface area (TPSA) is 24.5 Å². The summed E-state index contributed by atoms with van der Waals surface area (Å²) >= 11 is 0. The van der Waals surface area contributed by atoms with E-state index in [0.717, 1.165) is 32.1 Å². The highest BCUT2D eigenvalue weighted by atomic mass is 19.1. The summed E-state index contributed by atoms with van der Waals surface area (Å²) in [4.78, 5) is 2.25. The van der Waals surface area contributed by atoms with Gasteiger partial charge in [-0.15, -0.1) is 0 Å². The minimum absolute atomic E-state index is 0.0585. The first-order chi connectivity index (χ1) is 9.60. The van der Waals surface area contributed by atoms with Crippen LogP contribution in [0.1, 0.15) is 24.9 Å². The molecule has 1 aromatic carbocycles. The first-order valence-electron chi connectivity index (χ1n) is 6.95. The van der Waals surface area contributed by atoms with Crippen LogP contribution in [0.3, 0.4) is 0 Å². The van der Waals surface area contributed by atoms with E-state index >= 15 is 0 Å². The van der Waals surface area contributed by atoms with Crippen molar-refractivity contribution in [1.29, 1.82) is 0 Å². The highest BCUT2D eigenvalue weighted by Gasteiger charge is 2.13. The summed E-state index contributed by atoms with van der Waals surface area (Å²) in [5.74, 6) is -1.07. The Bertz CT molecular complexity index is 381. The van der Waals surface area contributed by atoms with Gasteiger partial charge in [0.2, 0.25) is 0 Å². The van der Waals surface area contributed by atoms with Gasteiger partial charge in [0.1, 0.15) is 11.6 Å². The van der Waals surface area contributed by atoms with E-state index in [1.807, 2.05) is 0 Å². The van der Waals surface area contributed by atoms with Gasteiger partial charge in [0, 0.05) is 32.3 Å². The fourth-order valence-electron chi connectivity index (χ4n) is 2.21. The Hall–Kier alpha value is -1.04. The molecule has 3 nitrogen and oxygen atoms in total. The third kappa shape index (κ3) is 5.53. The van der Waals surface area contributed by atoms with Crippen molar-refractivity contribution in [3.63, 3.8) is 0 Å². The van der Waals surface area contributed by atoms with Crippen LogP contribution >= 0.6 is 0 Å². The van der Waals surface area contributed by atoms with Crippen LogP contribution in [0.5, 0.6) is 0 Å². The normalized spacial score (nSPS) is 12.9. The maximum Gasteiger partial charge on any atom is 0.126 e. The lowest BCUT2D eigenvalue weighted by Gasteiger charge is -2.24. The van der Waals surface area contributed by atoms with Crippen LogP contribution in [-0.2, 0) is 4.74 Å². The third-order valence-electron chi connectivity index (χ3n) is 3.43. The van der Waals surface area contributed by atoms with Gasteiger partial charge >= 0.3 is 0 Å². The summed E-state index contributed by atoms with van der Waals surface area (Å²) in [6.45, 7) is 5.42. The second-order valence-electron chi connectivity index (χ2n) is 4.76. The van der Waals surface area contributed by atoms with Crippen LogP contribution in [0, 0.1) is 11.6 Å². The van der Waals surface area contributed by atoms with E-state index in [4.69, 9.17) is 4.74 Å². The second kappa shape index (κ2) is 9.00. The Morgan fingerprint density at radius 3 is 2.35 bits per heavy atom. The van der Waals surface area contributed by atoms with Gasteiger partial charge in [-0.1, -0.05) is 6.92 Å². The molecular weight excluding hydrogens is 262 g/mol. The second-order valence-corrected chi connectivity index (χ2v) is 4.76. The van der Waals surface area contributed by atoms with E-state index in [9.17, 15) is 8.78 Å². The molecule has 1 atom stereocenters. The molecule has 0 aliphatic heterocycles. The van der Waals surface area contributed by atoms with Gasteiger partial charge in [0.25, 0.3) is 0 Å². The average Bonchev–Trinajstić information content (AvgIpc) is 2.41. The number of likely N-dealkylation sites (N-methyl/N-ethyl adjacent to an activating group) is 1. The van der Waals surface area contributed by atoms with Crippen LogP contribution in [0.4, 0.5) is 8.78 Å². The average molecular weight is 286 g/mol. The molecule has 114 valence electrons. The Kier molecular flexibility index (Phi) is 7.65. The molecule has 0 heterocycles. The highest BCUT2D eigenvalue weighted by molar-refractivity contribution is 5.21. The maximum atomic E-state index is 13.3.